The Morgan fingerprint density at radius 3 is 2.67 bits per heavy atom. The molecule has 2 nitrogen and oxygen atoms in total. The molecule has 100 valence electrons. The number of anilines is 1. The zero-order valence-electron chi connectivity index (χ0n) is 10.3. The third-order valence-electron chi connectivity index (χ3n) is 3.53. The van der Waals surface area contributed by atoms with Crippen LogP contribution in [-0.2, 0) is 0 Å². The Kier molecular flexibility index (Phi) is 3.78. The second-order valence-electron chi connectivity index (χ2n) is 4.82. The van der Waals surface area contributed by atoms with E-state index in [2.05, 4.69) is 10.3 Å². The molecule has 0 amide bonds. The van der Waals surface area contributed by atoms with Gasteiger partial charge in [0.15, 0.2) is 0 Å². The molecule has 1 saturated carbocycles. The Bertz CT molecular complexity index is 403. The molecule has 0 aliphatic heterocycles. The van der Waals surface area contributed by atoms with Crippen molar-refractivity contribution in [2.45, 2.75) is 44.8 Å². The van der Waals surface area contributed by atoms with E-state index in [0.29, 0.717) is 18.5 Å². The molecule has 0 spiro atoms. The molecule has 1 aliphatic rings. The number of alkyl halides is 3. The minimum absolute atomic E-state index is 0.223. The monoisotopic (exact) mass is 258 g/mol. The van der Waals surface area contributed by atoms with Gasteiger partial charge in [-0.2, -0.15) is 13.2 Å². The van der Waals surface area contributed by atoms with Crippen molar-refractivity contribution >= 4 is 5.69 Å². The van der Waals surface area contributed by atoms with E-state index >= 15 is 0 Å². The summed E-state index contributed by atoms with van der Waals surface area (Å²) in [4.78, 5) is 4.09. The first-order valence-electron chi connectivity index (χ1n) is 6.23. The van der Waals surface area contributed by atoms with Gasteiger partial charge in [0.25, 0.3) is 0 Å². The van der Waals surface area contributed by atoms with Gasteiger partial charge in [-0.25, -0.2) is 0 Å². The summed E-state index contributed by atoms with van der Waals surface area (Å²) in [5.41, 5.74) is 1.45. The van der Waals surface area contributed by atoms with E-state index in [4.69, 9.17) is 0 Å². The Balaban J connectivity index is 2.13. The number of nitrogens with zero attached hydrogens (tertiary/aromatic N) is 1. The minimum Gasteiger partial charge on any atom is -0.380 e. The third kappa shape index (κ3) is 2.94. The van der Waals surface area contributed by atoms with Crippen LogP contribution in [-0.4, -0.2) is 17.2 Å². The van der Waals surface area contributed by atoms with Crippen LogP contribution in [0.5, 0.6) is 0 Å². The second kappa shape index (κ2) is 5.16. The van der Waals surface area contributed by atoms with Crippen molar-refractivity contribution in [1.29, 1.82) is 0 Å². The largest absolute Gasteiger partial charge is 0.393 e. The number of hydrogen-bond donors (Lipinski definition) is 1. The molecular weight excluding hydrogens is 241 g/mol. The van der Waals surface area contributed by atoms with E-state index < -0.39 is 18.1 Å². The molecule has 0 aromatic carbocycles. The number of pyridine rings is 1. The Morgan fingerprint density at radius 1 is 1.28 bits per heavy atom. The van der Waals surface area contributed by atoms with Gasteiger partial charge in [-0.15, -0.1) is 0 Å². The Hall–Kier alpha value is -1.26. The fourth-order valence-corrected chi connectivity index (χ4v) is 2.53. The lowest BCUT2D eigenvalue weighted by Crippen LogP contribution is -2.41. The first-order chi connectivity index (χ1) is 8.48. The highest BCUT2D eigenvalue weighted by molar-refractivity contribution is 5.47. The number of rotatable bonds is 2. The van der Waals surface area contributed by atoms with E-state index in [1.165, 1.54) is 0 Å². The predicted octanol–water partition coefficient (Wildman–Crippen LogP) is 3.92. The molecule has 1 aromatic heterocycles. The summed E-state index contributed by atoms with van der Waals surface area (Å²) in [6.07, 6.45) is -0.173. The van der Waals surface area contributed by atoms with Gasteiger partial charge in [0.2, 0.25) is 0 Å². The number of hydrogen-bond acceptors (Lipinski definition) is 2. The highest BCUT2D eigenvalue weighted by atomic mass is 19.4. The van der Waals surface area contributed by atoms with Gasteiger partial charge >= 0.3 is 6.18 Å². The van der Waals surface area contributed by atoms with Gasteiger partial charge in [0, 0.05) is 12.2 Å². The highest BCUT2D eigenvalue weighted by Crippen LogP contribution is 2.39. The standard InChI is InChI=1S/C13H17F3N2/c1-9-11(7-4-8-17-9)18-12-6-3-2-5-10(12)13(14,15)16/h4,7-8,10,12,18H,2-3,5-6H2,1H3. The first-order valence-corrected chi connectivity index (χ1v) is 6.23. The minimum atomic E-state index is -4.12. The molecule has 1 fully saturated rings. The van der Waals surface area contributed by atoms with E-state index in [1.54, 1.807) is 25.3 Å². The van der Waals surface area contributed by atoms with Crippen molar-refractivity contribution in [1.82, 2.24) is 4.98 Å². The van der Waals surface area contributed by atoms with Crippen LogP contribution in [0.1, 0.15) is 31.4 Å². The highest BCUT2D eigenvalue weighted by Gasteiger charge is 2.45. The molecule has 2 unspecified atom stereocenters. The summed E-state index contributed by atoms with van der Waals surface area (Å²) >= 11 is 0. The summed E-state index contributed by atoms with van der Waals surface area (Å²) in [6.45, 7) is 1.80. The lowest BCUT2D eigenvalue weighted by molar-refractivity contribution is -0.184. The van der Waals surface area contributed by atoms with Crippen LogP contribution < -0.4 is 5.32 Å². The summed E-state index contributed by atoms with van der Waals surface area (Å²) in [6, 6.07) is 2.99. The lowest BCUT2D eigenvalue weighted by Gasteiger charge is -2.34. The van der Waals surface area contributed by atoms with Crippen LogP contribution in [0.2, 0.25) is 0 Å². The van der Waals surface area contributed by atoms with E-state index in [9.17, 15) is 13.2 Å². The number of nitrogens with one attached hydrogen (secondary N) is 1. The number of aryl methyl sites for hydroxylation is 1. The molecule has 1 heterocycles. The lowest BCUT2D eigenvalue weighted by atomic mass is 9.84. The smallest absolute Gasteiger partial charge is 0.380 e. The van der Waals surface area contributed by atoms with Gasteiger partial charge < -0.3 is 5.32 Å². The SMILES string of the molecule is Cc1ncccc1NC1CCCCC1C(F)(F)F. The van der Waals surface area contributed by atoms with Crippen LogP contribution >= 0.6 is 0 Å². The Morgan fingerprint density at radius 2 is 2.00 bits per heavy atom. The molecule has 5 heteroatoms. The maximum absolute atomic E-state index is 12.9. The fraction of sp³-hybridized carbons (Fsp3) is 0.615. The topological polar surface area (TPSA) is 24.9 Å². The quantitative estimate of drug-likeness (QED) is 0.869. The van der Waals surface area contributed by atoms with Crippen molar-refractivity contribution in [2.75, 3.05) is 5.32 Å². The number of halogens is 3. The maximum atomic E-state index is 12.9. The van der Waals surface area contributed by atoms with Gasteiger partial charge in [0.1, 0.15) is 0 Å². The van der Waals surface area contributed by atoms with E-state index in [1.807, 2.05) is 0 Å². The van der Waals surface area contributed by atoms with Crippen LogP contribution in [0, 0.1) is 12.8 Å². The van der Waals surface area contributed by atoms with Gasteiger partial charge in [-0.05, 0) is 31.9 Å². The molecular formula is C13H17F3N2. The van der Waals surface area contributed by atoms with Crippen molar-refractivity contribution < 1.29 is 13.2 Å². The third-order valence-corrected chi connectivity index (χ3v) is 3.53. The Labute approximate surface area is 105 Å². The second-order valence-corrected chi connectivity index (χ2v) is 4.82. The summed E-state index contributed by atoms with van der Waals surface area (Å²) < 4.78 is 38.8. The molecule has 2 atom stereocenters. The predicted molar refractivity (Wildman–Crippen MR) is 64.4 cm³/mol. The van der Waals surface area contributed by atoms with Gasteiger partial charge in [-0.3, -0.25) is 4.98 Å². The molecule has 0 saturated heterocycles. The molecule has 0 bridgehead atoms. The zero-order valence-corrected chi connectivity index (χ0v) is 10.3. The van der Waals surface area contributed by atoms with Crippen LogP contribution in [0.3, 0.4) is 0 Å². The average Bonchev–Trinajstić information content (AvgIpc) is 2.31. The normalized spacial score (nSPS) is 24.9. The van der Waals surface area contributed by atoms with Crippen LogP contribution in [0.4, 0.5) is 18.9 Å². The van der Waals surface area contributed by atoms with Gasteiger partial charge in [0.05, 0.1) is 17.3 Å². The average molecular weight is 258 g/mol. The van der Waals surface area contributed by atoms with E-state index in [0.717, 1.165) is 12.1 Å². The maximum Gasteiger partial charge on any atom is 0.393 e. The van der Waals surface area contributed by atoms with Crippen molar-refractivity contribution in [3.8, 4) is 0 Å². The van der Waals surface area contributed by atoms with Crippen LogP contribution in [0.25, 0.3) is 0 Å². The van der Waals surface area contributed by atoms with E-state index in [-0.39, 0.29) is 6.42 Å². The van der Waals surface area contributed by atoms with Gasteiger partial charge in [-0.1, -0.05) is 12.8 Å². The molecule has 0 radical (unpaired) electrons. The molecule has 1 aromatic rings. The van der Waals surface area contributed by atoms with Crippen molar-refractivity contribution in [2.24, 2.45) is 5.92 Å². The molecule has 2 rings (SSSR count). The first kappa shape index (κ1) is 13.2. The molecule has 1 N–H and O–H groups in total. The molecule has 1 aliphatic carbocycles. The summed E-state index contributed by atoms with van der Waals surface area (Å²) in [5.74, 6) is -1.24. The number of aromatic nitrogens is 1. The zero-order chi connectivity index (χ0) is 13.2. The van der Waals surface area contributed by atoms with Crippen molar-refractivity contribution in [3.63, 3.8) is 0 Å². The fourth-order valence-electron chi connectivity index (χ4n) is 2.53. The molecule has 18 heavy (non-hydrogen) atoms. The summed E-state index contributed by atoms with van der Waals surface area (Å²) in [7, 11) is 0. The van der Waals surface area contributed by atoms with Crippen LogP contribution in [0.15, 0.2) is 18.3 Å². The summed E-state index contributed by atoms with van der Waals surface area (Å²) in [5, 5.41) is 3.02. The van der Waals surface area contributed by atoms with Crippen molar-refractivity contribution in [3.05, 3.63) is 24.0 Å².